The van der Waals surface area contributed by atoms with Crippen LogP contribution in [0, 0.1) is 0 Å². The monoisotopic (exact) mass is 326 g/mol. The van der Waals surface area contributed by atoms with Gasteiger partial charge in [0.2, 0.25) is 5.91 Å². The molecular formula is C12H11BrN2O2S. The zero-order valence-corrected chi connectivity index (χ0v) is 12.0. The van der Waals surface area contributed by atoms with E-state index in [1.165, 1.54) is 11.3 Å². The highest BCUT2D eigenvalue weighted by molar-refractivity contribution is 9.09. The second kappa shape index (κ2) is 5.97. The molecule has 0 aliphatic heterocycles. The number of methoxy groups -OCH3 is 1. The van der Waals surface area contributed by atoms with Gasteiger partial charge in [0.25, 0.3) is 0 Å². The molecule has 2 aromatic rings. The number of halogens is 1. The number of anilines is 1. The second-order valence-electron chi connectivity index (χ2n) is 3.45. The molecule has 2 rings (SSSR count). The molecule has 0 unspecified atom stereocenters. The molecule has 1 N–H and O–H groups in total. The fourth-order valence-corrected chi connectivity index (χ4v) is 2.25. The fraction of sp³-hybridized carbons (Fsp3) is 0.167. The van der Waals surface area contributed by atoms with Gasteiger partial charge in [-0.25, -0.2) is 4.98 Å². The molecule has 94 valence electrons. The lowest BCUT2D eigenvalue weighted by molar-refractivity contribution is -0.113. The molecule has 1 aromatic heterocycles. The number of carbonyl (C=O) groups is 1. The summed E-state index contributed by atoms with van der Waals surface area (Å²) in [5.41, 5.74) is 1.83. The van der Waals surface area contributed by atoms with Gasteiger partial charge < -0.3 is 10.1 Å². The number of nitrogens with zero attached hydrogens (tertiary/aromatic N) is 1. The number of alkyl halides is 1. The van der Waals surface area contributed by atoms with Crippen molar-refractivity contribution in [2.24, 2.45) is 0 Å². The molecule has 1 heterocycles. The van der Waals surface area contributed by atoms with Gasteiger partial charge in [0.1, 0.15) is 5.75 Å². The van der Waals surface area contributed by atoms with E-state index in [1.54, 1.807) is 7.11 Å². The van der Waals surface area contributed by atoms with Crippen LogP contribution >= 0.6 is 27.3 Å². The van der Waals surface area contributed by atoms with Gasteiger partial charge in [-0.15, -0.1) is 11.3 Å². The molecule has 0 aliphatic rings. The van der Waals surface area contributed by atoms with Gasteiger partial charge in [-0.1, -0.05) is 15.9 Å². The highest BCUT2D eigenvalue weighted by Gasteiger charge is 2.07. The van der Waals surface area contributed by atoms with Crippen LogP contribution in [0.3, 0.4) is 0 Å². The van der Waals surface area contributed by atoms with Gasteiger partial charge in [-0.3, -0.25) is 4.79 Å². The zero-order chi connectivity index (χ0) is 13.0. The van der Waals surface area contributed by atoms with Crippen molar-refractivity contribution in [2.45, 2.75) is 0 Å². The van der Waals surface area contributed by atoms with Gasteiger partial charge in [0.15, 0.2) is 5.13 Å². The van der Waals surface area contributed by atoms with Crippen molar-refractivity contribution >= 4 is 38.3 Å². The van der Waals surface area contributed by atoms with Crippen molar-refractivity contribution < 1.29 is 9.53 Å². The lowest BCUT2D eigenvalue weighted by atomic mass is 10.2. The van der Waals surface area contributed by atoms with Gasteiger partial charge in [-0.05, 0) is 24.3 Å². The average Bonchev–Trinajstić information content (AvgIpc) is 2.87. The number of hydrogen-bond acceptors (Lipinski definition) is 4. The quantitative estimate of drug-likeness (QED) is 0.878. The van der Waals surface area contributed by atoms with Crippen LogP contribution in [0.1, 0.15) is 0 Å². The van der Waals surface area contributed by atoms with Crippen LogP contribution in [-0.4, -0.2) is 23.3 Å². The normalized spacial score (nSPS) is 10.1. The number of carbonyl (C=O) groups excluding carboxylic acids is 1. The molecule has 0 atom stereocenters. The van der Waals surface area contributed by atoms with E-state index in [0.29, 0.717) is 5.13 Å². The number of rotatable bonds is 4. The minimum Gasteiger partial charge on any atom is -0.497 e. The molecule has 0 saturated carbocycles. The number of aromatic nitrogens is 1. The van der Waals surface area contributed by atoms with Crippen LogP contribution in [-0.2, 0) is 4.79 Å². The third kappa shape index (κ3) is 3.08. The molecule has 0 aliphatic carbocycles. The Morgan fingerprint density at radius 3 is 2.78 bits per heavy atom. The molecule has 1 amide bonds. The summed E-state index contributed by atoms with van der Waals surface area (Å²) in [5.74, 6) is 0.701. The van der Waals surface area contributed by atoms with Crippen LogP contribution in [0.2, 0.25) is 0 Å². The lowest BCUT2D eigenvalue weighted by Crippen LogP contribution is -2.11. The molecule has 6 heteroatoms. The first-order valence-electron chi connectivity index (χ1n) is 5.18. The molecule has 0 fully saturated rings. The first-order chi connectivity index (χ1) is 8.72. The Hall–Kier alpha value is -1.40. The Morgan fingerprint density at radius 2 is 2.17 bits per heavy atom. The van der Waals surface area contributed by atoms with Crippen molar-refractivity contribution in [3.8, 4) is 17.0 Å². The van der Waals surface area contributed by atoms with E-state index >= 15 is 0 Å². The number of amides is 1. The third-order valence-corrected chi connectivity index (χ3v) is 3.52. The van der Waals surface area contributed by atoms with Gasteiger partial charge in [-0.2, -0.15) is 0 Å². The molecule has 0 radical (unpaired) electrons. The summed E-state index contributed by atoms with van der Waals surface area (Å²) in [6.45, 7) is 0. The Morgan fingerprint density at radius 1 is 1.44 bits per heavy atom. The standard InChI is InChI=1S/C12H11BrN2O2S/c1-17-9-4-2-8(3-5-9)10-7-18-12(14-10)15-11(16)6-13/h2-5,7H,6H2,1H3,(H,14,15,16). The predicted molar refractivity (Wildman–Crippen MR) is 76.5 cm³/mol. The Kier molecular flexibility index (Phi) is 4.33. The molecule has 18 heavy (non-hydrogen) atoms. The van der Waals surface area contributed by atoms with E-state index in [1.807, 2.05) is 29.6 Å². The number of thiazole rings is 1. The largest absolute Gasteiger partial charge is 0.497 e. The summed E-state index contributed by atoms with van der Waals surface area (Å²) in [7, 11) is 1.63. The Balaban J connectivity index is 2.15. The van der Waals surface area contributed by atoms with Crippen molar-refractivity contribution in [1.82, 2.24) is 4.98 Å². The van der Waals surface area contributed by atoms with Crippen LogP contribution in [0.25, 0.3) is 11.3 Å². The van der Waals surface area contributed by atoms with E-state index in [-0.39, 0.29) is 11.2 Å². The average molecular weight is 327 g/mol. The summed E-state index contributed by atoms with van der Waals surface area (Å²) in [6, 6.07) is 7.63. The first-order valence-corrected chi connectivity index (χ1v) is 7.19. The number of hydrogen-bond donors (Lipinski definition) is 1. The lowest BCUT2D eigenvalue weighted by Gasteiger charge is -2.00. The molecular weight excluding hydrogens is 316 g/mol. The topological polar surface area (TPSA) is 51.2 Å². The van der Waals surface area contributed by atoms with E-state index < -0.39 is 0 Å². The van der Waals surface area contributed by atoms with E-state index in [4.69, 9.17) is 4.74 Å². The van der Waals surface area contributed by atoms with Gasteiger partial charge >= 0.3 is 0 Å². The number of nitrogens with one attached hydrogen (secondary N) is 1. The van der Waals surface area contributed by atoms with Gasteiger partial charge in [0, 0.05) is 10.9 Å². The Labute approximate surface area is 117 Å². The first kappa shape index (κ1) is 13.0. The summed E-state index contributed by atoms with van der Waals surface area (Å²) < 4.78 is 5.10. The predicted octanol–water partition coefficient (Wildman–Crippen LogP) is 3.15. The molecule has 1 aromatic carbocycles. The third-order valence-electron chi connectivity index (χ3n) is 2.26. The van der Waals surface area contributed by atoms with Gasteiger partial charge in [0.05, 0.1) is 18.1 Å². The minimum atomic E-state index is -0.106. The molecule has 0 spiro atoms. The van der Waals surface area contributed by atoms with Crippen molar-refractivity contribution in [1.29, 1.82) is 0 Å². The molecule has 4 nitrogen and oxygen atoms in total. The zero-order valence-electron chi connectivity index (χ0n) is 9.64. The van der Waals surface area contributed by atoms with E-state index in [9.17, 15) is 4.79 Å². The van der Waals surface area contributed by atoms with Crippen molar-refractivity contribution in [2.75, 3.05) is 17.8 Å². The van der Waals surface area contributed by atoms with Crippen molar-refractivity contribution in [3.63, 3.8) is 0 Å². The van der Waals surface area contributed by atoms with Crippen LogP contribution < -0.4 is 10.1 Å². The summed E-state index contributed by atoms with van der Waals surface area (Å²) in [5, 5.41) is 5.48. The van der Waals surface area contributed by atoms with E-state index in [0.717, 1.165) is 17.0 Å². The minimum absolute atomic E-state index is 0.106. The highest BCUT2D eigenvalue weighted by Crippen LogP contribution is 2.26. The number of ether oxygens (including phenoxy) is 1. The highest BCUT2D eigenvalue weighted by atomic mass is 79.9. The summed E-state index contributed by atoms with van der Waals surface area (Å²) in [4.78, 5) is 15.6. The van der Waals surface area contributed by atoms with Crippen LogP contribution in [0.4, 0.5) is 5.13 Å². The maximum absolute atomic E-state index is 11.2. The fourth-order valence-electron chi connectivity index (χ4n) is 1.38. The smallest absolute Gasteiger partial charge is 0.236 e. The van der Waals surface area contributed by atoms with Crippen LogP contribution in [0.5, 0.6) is 5.75 Å². The maximum atomic E-state index is 11.2. The number of benzene rings is 1. The van der Waals surface area contributed by atoms with E-state index in [2.05, 4.69) is 26.2 Å². The summed E-state index contributed by atoms with van der Waals surface area (Å²) in [6.07, 6.45) is 0. The maximum Gasteiger partial charge on any atom is 0.236 e. The van der Waals surface area contributed by atoms with Crippen LogP contribution in [0.15, 0.2) is 29.6 Å². The van der Waals surface area contributed by atoms with Crippen molar-refractivity contribution in [3.05, 3.63) is 29.6 Å². The summed E-state index contributed by atoms with van der Waals surface area (Å²) >= 11 is 4.49. The SMILES string of the molecule is COc1ccc(-c2csc(NC(=O)CBr)n2)cc1. The molecule has 0 bridgehead atoms. The Bertz CT molecular complexity index is 539. The molecule has 0 saturated heterocycles. The second-order valence-corrected chi connectivity index (χ2v) is 4.87.